The normalized spacial score (nSPS) is 24.5. The molecule has 30 heavy (non-hydrogen) atoms. The Kier molecular flexibility index (Phi) is 5.80. The van der Waals surface area contributed by atoms with Gasteiger partial charge in [0.2, 0.25) is 0 Å². The van der Waals surface area contributed by atoms with E-state index in [9.17, 15) is 9.59 Å². The summed E-state index contributed by atoms with van der Waals surface area (Å²) in [5.74, 6) is -0.799. The van der Waals surface area contributed by atoms with Crippen molar-refractivity contribution in [3.63, 3.8) is 0 Å². The van der Waals surface area contributed by atoms with Crippen molar-refractivity contribution < 1.29 is 28.5 Å². The molecule has 2 aliphatic carbocycles. The summed E-state index contributed by atoms with van der Waals surface area (Å²) in [7, 11) is 2.64. The first kappa shape index (κ1) is 20.8. The van der Waals surface area contributed by atoms with Crippen LogP contribution >= 0.6 is 0 Å². The number of carbonyl (C=O) groups is 2. The third kappa shape index (κ3) is 3.38. The van der Waals surface area contributed by atoms with Gasteiger partial charge in [-0.3, -0.25) is 9.59 Å². The number of esters is 2. The number of hydrogen-bond donors (Lipinski definition) is 0. The fourth-order valence-electron chi connectivity index (χ4n) is 5.26. The SMILES string of the molecule is COC(=O)C1(C(=O)OC)CC2=C(C)C(COCc3ccccc3)=C3COCC3C2C1. The van der Waals surface area contributed by atoms with Crippen LogP contribution in [0.5, 0.6) is 0 Å². The minimum Gasteiger partial charge on any atom is -0.468 e. The van der Waals surface area contributed by atoms with E-state index in [1.807, 2.05) is 30.3 Å². The number of allylic oxidation sites excluding steroid dienone is 1. The third-order valence-corrected chi connectivity index (χ3v) is 6.83. The molecule has 1 aromatic rings. The van der Waals surface area contributed by atoms with Gasteiger partial charge in [-0.2, -0.15) is 0 Å². The first-order valence-corrected chi connectivity index (χ1v) is 10.3. The molecule has 1 aliphatic heterocycles. The molecule has 6 heteroatoms. The molecule has 2 fully saturated rings. The summed E-state index contributed by atoms with van der Waals surface area (Å²) >= 11 is 0. The first-order chi connectivity index (χ1) is 14.5. The van der Waals surface area contributed by atoms with E-state index >= 15 is 0 Å². The Balaban J connectivity index is 1.62. The number of hydrogen-bond acceptors (Lipinski definition) is 6. The van der Waals surface area contributed by atoms with Crippen LogP contribution in [0.25, 0.3) is 0 Å². The minimum atomic E-state index is -1.28. The molecule has 3 aliphatic rings. The molecule has 0 amide bonds. The zero-order valence-corrected chi connectivity index (χ0v) is 17.7. The second-order valence-corrected chi connectivity index (χ2v) is 8.31. The second-order valence-electron chi connectivity index (χ2n) is 8.31. The molecule has 1 saturated heterocycles. The minimum absolute atomic E-state index is 0.0820. The molecule has 0 spiro atoms. The quantitative estimate of drug-likeness (QED) is 0.528. The molecule has 0 N–H and O–H groups in total. The van der Waals surface area contributed by atoms with Crippen LogP contribution in [0.1, 0.15) is 25.3 Å². The Morgan fingerprint density at radius 3 is 2.40 bits per heavy atom. The molecule has 1 saturated carbocycles. The molecular formula is C24H28O6. The Morgan fingerprint density at radius 2 is 1.73 bits per heavy atom. The smallest absolute Gasteiger partial charge is 0.323 e. The van der Waals surface area contributed by atoms with Gasteiger partial charge in [-0.15, -0.1) is 0 Å². The predicted molar refractivity (Wildman–Crippen MR) is 109 cm³/mol. The Hall–Kier alpha value is -2.44. The molecule has 0 aromatic heterocycles. The average molecular weight is 412 g/mol. The van der Waals surface area contributed by atoms with Gasteiger partial charge in [0, 0.05) is 5.92 Å². The summed E-state index contributed by atoms with van der Waals surface area (Å²) in [4.78, 5) is 25.3. The molecule has 160 valence electrons. The van der Waals surface area contributed by atoms with Gasteiger partial charge < -0.3 is 18.9 Å². The molecule has 0 radical (unpaired) electrons. The predicted octanol–water partition coefficient (Wildman–Crippen LogP) is 3.22. The van der Waals surface area contributed by atoms with Gasteiger partial charge >= 0.3 is 11.9 Å². The van der Waals surface area contributed by atoms with Crippen LogP contribution in [0.15, 0.2) is 52.6 Å². The molecule has 2 atom stereocenters. The van der Waals surface area contributed by atoms with Crippen molar-refractivity contribution in [3.05, 3.63) is 58.2 Å². The van der Waals surface area contributed by atoms with E-state index in [2.05, 4.69) is 6.92 Å². The highest BCUT2D eigenvalue weighted by Crippen LogP contribution is 2.56. The zero-order valence-electron chi connectivity index (χ0n) is 17.7. The van der Waals surface area contributed by atoms with E-state index in [0.717, 1.165) is 22.3 Å². The summed E-state index contributed by atoms with van der Waals surface area (Å²) in [6, 6.07) is 10.1. The Morgan fingerprint density at radius 1 is 1.03 bits per heavy atom. The van der Waals surface area contributed by atoms with Crippen molar-refractivity contribution in [2.75, 3.05) is 34.0 Å². The van der Waals surface area contributed by atoms with E-state index in [1.54, 1.807) is 0 Å². The van der Waals surface area contributed by atoms with Gasteiger partial charge in [0.15, 0.2) is 5.41 Å². The number of carbonyl (C=O) groups excluding carboxylic acids is 2. The van der Waals surface area contributed by atoms with Crippen LogP contribution in [-0.4, -0.2) is 46.0 Å². The van der Waals surface area contributed by atoms with Crippen molar-refractivity contribution in [3.8, 4) is 0 Å². The van der Waals surface area contributed by atoms with Gasteiger partial charge in [0.25, 0.3) is 0 Å². The van der Waals surface area contributed by atoms with Crippen molar-refractivity contribution >= 4 is 11.9 Å². The van der Waals surface area contributed by atoms with Crippen molar-refractivity contribution in [1.29, 1.82) is 0 Å². The van der Waals surface area contributed by atoms with Crippen LogP contribution in [0.3, 0.4) is 0 Å². The fourth-order valence-corrected chi connectivity index (χ4v) is 5.26. The highest BCUT2D eigenvalue weighted by molar-refractivity contribution is 6.01. The number of methoxy groups -OCH3 is 2. The lowest BCUT2D eigenvalue weighted by Crippen LogP contribution is -2.39. The molecular weight excluding hydrogens is 384 g/mol. The monoisotopic (exact) mass is 412 g/mol. The molecule has 1 aromatic carbocycles. The number of fused-ring (bicyclic) bond motifs is 3. The van der Waals surface area contributed by atoms with E-state index in [4.69, 9.17) is 18.9 Å². The van der Waals surface area contributed by atoms with Crippen LogP contribution in [0.2, 0.25) is 0 Å². The lowest BCUT2D eigenvalue weighted by Gasteiger charge is -2.30. The van der Waals surface area contributed by atoms with Crippen LogP contribution in [-0.2, 0) is 35.1 Å². The maximum absolute atomic E-state index is 12.7. The standard InChI is InChI=1S/C24H28O6/c1-15-17-9-24(22(25)27-2,23(26)28-3)10-18(17)20-13-30-14-21(20)19(15)12-29-11-16-7-5-4-6-8-16/h4-8,18,20H,9-14H2,1-3H3. The summed E-state index contributed by atoms with van der Waals surface area (Å²) < 4.78 is 21.9. The topological polar surface area (TPSA) is 71.1 Å². The summed E-state index contributed by atoms with van der Waals surface area (Å²) in [6.45, 7) is 4.24. The highest BCUT2D eigenvalue weighted by Gasteiger charge is 2.59. The molecule has 4 rings (SSSR count). The third-order valence-electron chi connectivity index (χ3n) is 6.83. The largest absolute Gasteiger partial charge is 0.468 e. The van der Waals surface area contributed by atoms with Gasteiger partial charge in [-0.05, 0) is 48.0 Å². The Labute approximate surface area is 176 Å². The zero-order chi connectivity index (χ0) is 21.3. The average Bonchev–Trinajstić information content (AvgIpc) is 3.41. The maximum atomic E-state index is 12.7. The lowest BCUT2D eigenvalue weighted by molar-refractivity contribution is -0.168. The van der Waals surface area contributed by atoms with Gasteiger partial charge in [-0.25, -0.2) is 0 Å². The Bertz CT molecular complexity index is 882. The van der Waals surface area contributed by atoms with E-state index in [0.29, 0.717) is 39.3 Å². The van der Waals surface area contributed by atoms with Crippen LogP contribution in [0, 0.1) is 17.3 Å². The summed E-state index contributed by atoms with van der Waals surface area (Å²) in [5, 5.41) is 0. The van der Waals surface area contributed by atoms with Crippen LogP contribution < -0.4 is 0 Å². The van der Waals surface area contributed by atoms with Crippen molar-refractivity contribution in [2.24, 2.45) is 17.3 Å². The summed E-state index contributed by atoms with van der Waals surface area (Å²) in [5.41, 5.74) is 4.46. The van der Waals surface area contributed by atoms with E-state index in [-0.39, 0.29) is 11.8 Å². The van der Waals surface area contributed by atoms with Gasteiger partial charge in [0.1, 0.15) is 0 Å². The van der Waals surface area contributed by atoms with E-state index < -0.39 is 17.4 Å². The first-order valence-electron chi connectivity index (χ1n) is 10.3. The highest BCUT2D eigenvalue weighted by atomic mass is 16.5. The molecule has 1 heterocycles. The number of rotatable bonds is 6. The second kappa shape index (κ2) is 8.36. The van der Waals surface area contributed by atoms with E-state index in [1.165, 1.54) is 19.8 Å². The summed E-state index contributed by atoms with van der Waals surface area (Å²) in [6.07, 6.45) is 0.726. The maximum Gasteiger partial charge on any atom is 0.323 e. The number of benzene rings is 1. The fraction of sp³-hybridized carbons (Fsp3) is 0.500. The van der Waals surface area contributed by atoms with Gasteiger partial charge in [0.05, 0.1) is 40.6 Å². The van der Waals surface area contributed by atoms with Crippen LogP contribution in [0.4, 0.5) is 0 Å². The van der Waals surface area contributed by atoms with Crippen molar-refractivity contribution in [1.82, 2.24) is 0 Å². The lowest BCUT2D eigenvalue weighted by atomic mass is 9.74. The van der Waals surface area contributed by atoms with Crippen molar-refractivity contribution in [2.45, 2.75) is 26.4 Å². The molecule has 2 unspecified atom stereocenters. The molecule has 0 bridgehead atoms. The number of ether oxygens (including phenoxy) is 4. The van der Waals surface area contributed by atoms with Gasteiger partial charge in [-0.1, -0.05) is 35.9 Å². The molecule has 6 nitrogen and oxygen atoms in total.